The summed E-state index contributed by atoms with van der Waals surface area (Å²) in [5.41, 5.74) is 0.897. The van der Waals surface area contributed by atoms with Crippen LogP contribution in [-0.4, -0.2) is 58.2 Å². The van der Waals surface area contributed by atoms with E-state index in [0.29, 0.717) is 22.6 Å². The molecule has 10 heteroatoms. The minimum atomic E-state index is -3.00. The van der Waals surface area contributed by atoms with Gasteiger partial charge in [-0.1, -0.05) is 6.07 Å². The predicted octanol–water partition coefficient (Wildman–Crippen LogP) is 2.70. The minimum Gasteiger partial charge on any atom is -0.493 e. The maximum absolute atomic E-state index is 12.8. The zero-order chi connectivity index (χ0) is 23.0. The van der Waals surface area contributed by atoms with Gasteiger partial charge in [-0.3, -0.25) is 9.59 Å². The molecule has 0 radical (unpaired) electrons. The molecular formula is C21H24F2N2O6. The molecule has 0 fully saturated rings. The Labute approximate surface area is 178 Å². The molecule has 0 bridgehead atoms. The lowest BCUT2D eigenvalue weighted by molar-refractivity contribution is -0.122. The van der Waals surface area contributed by atoms with E-state index in [9.17, 15) is 18.4 Å². The van der Waals surface area contributed by atoms with Gasteiger partial charge in [-0.15, -0.1) is 0 Å². The number of benzene rings is 2. The third-order valence-electron chi connectivity index (χ3n) is 4.26. The number of rotatable bonds is 10. The van der Waals surface area contributed by atoms with E-state index in [1.807, 2.05) is 0 Å². The number of hydrogen-bond donors (Lipinski definition) is 1. The second-order valence-electron chi connectivity index (χ2n) is 6.35. The minimum absolute atomic E-state index is 0.116. The fourth-order valence-corrected chi connectivity index (χ4v) is 2.71. The highest BCUT2D eigenvalue weighted by molar-refractivity contribution is 5.94. The van der Waals surface area contributed by atoms with E-state index in [0.717, 1.165) is 0 Å². The van der Waals surface area contributed by atoms with E-state index >= 15 is 0 Å². The van der Waals surface area contributed by atoms with E-state index < -0.39 is 6.61 Å². The second-order valence-corrected chi connectivity index (χ2v) is 6.35. The highest BCUT2D eigenvalue weighted by atomic mass is 19.3. The van der Waals surface area contributed by atoms with Gasteiger partial charge in [0.15, 0.2) is 29.6 Å². The summed E-state index contributed by atoms with van der Waals surface area (Å²) in [5, 5.41) is 2.44. The van der Waals surface area contributed by atoms with Crippen molar-refractivity contribution in [2.45, 2.75) is 13.2 Å². The number of hydrogen-bond acceptors (Lipinski definition) is 6. The van der Waals surface area contributed by atoms with Gasteiger partial charge in [0.1, 0.15) is 0 Å². The fourth-order valence-electron chi connectivity index (χ4n) is 2.71. The summed E-state index contributed by atoms with van der Waals surface area (Å²) in [7, 11) is 5.83. The highest BCUT2D eigenvalue weighted by Gasteiger charge is 2.17. The zero-order valence-corrected chi connectivity index (χ0v) is 17.6. The monoisotopic (exact) mass is 438 g/mol. The standard InChI is InChI=1S/C21H24F2N2O6/c1-24-19(26)12-30-16-8-6-14(10-17(16)29-4)20(27)25(2)11-13-5-7-15(28-3)18(9-13)31-21(22)23/h5-10,21H,11-12H2,1-4H3,(H,24,26). The van der Waals surface area contributed by atoms with Crippen molar-refractivity contribution in [1.82, 2.24) is 10.2 Å². The molecule has 1 N–H and O–H groups in total. The quantitative estimate of drug-likeness (QED) is 0.614. The number of ether oxygens (including phenoxy) is 4. The van der Waals surface area contributed by atoms with Gasteiger partial charge in [-0.05, 0) is 35.9 Å². The topological polar surface area (TPSA) is 86.3 Å². The molecule has 2 aromatic carbocycles. The number of nitrogens with zero attached hydrogens (tertiary/aromatic N) is 1. The molecule has 2 rings (SSSR count). The molecule has 0 heterocycles. The van der Waals surface area contributed by atoms with Gasteiger partial charge in [0.2, 0.25) is 0 Å². The smallest absolute Gasteiger partial charge is 0.387 e. The molecule has 168 valence electrons. The normalized spacial score (nSPS) is 10.4. The number of alkyl halides is 2. The first-order chi connectivity index (χ1) is 14.8. The number of likely N-dealkylation sites (N-methyl/N-ethyl adjacent to an activating group) is 1. The van der Waals surface area contributed by atoms with Gasteiger partial charge < -0.3 is 29.2 Å². The molecule has 31 heavy (non-hydrogen) atoms. The van der Waals surface area contributed by atoms with Gasteiger partial charge >= 0.3 is 6.61 Å². The molecule has 2 amide bonds. The first-order valence-electron chi connectivity index (χ1n) is 9.17. The van der Waals surface area contributed by atoms with Gasteiger partial charge in [0, 0.05) is 26.2 Å². The molecule has 0 saturated carbocycles. The van der Waals surface area contributed by atoms with Crippen LogP contribution in [0.15, 0.2) is 36.4 Å². The van der Waals surface area contributed by atoms with Crippen LogP contribution in [0.3, 0.4) is 0 Å². The molecule has 0 aliphatic carbocycles. The molecule has 0 aromatic heterocycles. The Kier molecular flexibility index (Phi) is 8.42. The Hall–Kier alpha value is -3.56. The summed E-state index contributed by atoms with van der Waals surface area (Å²) in [4.78, 5) is 25.6. The van der Waals surface area contributed by atoms with Crippen LogP contribution in [0, 0.1) is 0 Å². The largest absolute Gasteiger partial charge is 0.493 e. The summed E-state index contributed by atoms with van der Waals surface area (Å²) in [6.45, 7) is -3.06. The number of carbonyl (C=O) groups excluding carboxylic acids is 2. The van der Waals surface area contributed by atoms with Crippen molar-refractivity contribution in [1.29, 1.82) is 0 Å². The zero-order valence-electron chi connectivity index (χ0n) is 17.6. The van der Waals surface area contributed by atoms with E-state index in [1.165, 1.54) is 50.4 Å². The number of methoxy groups -OCH3 is 2. The molecular weight excluding hydrogens is 414 g/mol. The lowest BCUT2D eigenvalue weighted by Crippen LogP contribution is -2.26. The van der Waals surface area contributed by atoms with E-state index in [1.54, 1.807) is 19.2 Å². The Bertz CT molecular complexity index is 923. The third kappa shape index (κ3) is 6.46. The van der Waals surface area contributed by atoms with E-state index in [4.69, 9.17) is 14.2 Å². The van der Waals surface area contributed by atoms with Gasteiger partial charge in [0.05, 0.1) is 14.2 Å². The Morgan fingerprint density at radius 1 is 1.00 bits per heavy atom. The molecule has 0 saturated heterocycles. The maximum atomic E-state index is 12.8. The van der Waals surface area contributed by atoms with Crippen molar-refractivity contribution in [3.05, 3.63) is 47.5 Å². The lowest BCUT2D eigenvalue weighted by atomic mass is 10.1. The maximum Gasteiger partial charge on any atom is 0.387 e. The molecule has 0 aliphatic heterocycles. The first-order valence-corrected chi connectivity index (χ1v) is 9.17. The van der Waals surface area contributed by atoms with Crippen LogP contribution in [0.25, 0.3) is 0 Å². The second kappa shape index (κ2) is 11.0. The van der Waals surface area contributed by atoms with Crippen molar-refractivity contribution in [3.63, 3.8) is 0 Å². The van der Waals surface area contributed by atoms with Crippen LogP contribution in [0.2, 0.25) is 0 Å². The molecule has 0 atom stereocenters. The highest BCUT2D eigenvalue weighted by Crippen LogP contribution is 2.31. The Morgan fingerprint density at radius 2 is 1.68 bits per heavy atom. The van der Waals surface area contributed by atoms with Crippen LogP contribution in [0.5, 0.6) is 23.0 Å². The molecule has 2 aromatic rings. The van der Waals surface area contributed by atoms with Gasteiger partial charge in [-0.25, -0.2) is 0 Å². The Morgan fingerprint density at radius 3 is 2.29 bits per heavy atom. The predicted molar refractivity (Wildman–Crippen MR) is 108 cm³/mol. The first kappa shape index (κ1) is 23.7. The molecule has 0 spiro atoms. The van der Waals surface area contributed by atoms with Crippen LogP contribution < -0.4 is 24.3 Å². The van der Waals surface area contributed by atoms with Crippen molar-refractivity contribution < 1.29 is 37.3 Å². The summed E-state index contributed by atoms with van der Waals surface area (Å²) in [6.07, 6.45) is 0. The average Bonchev–Trinajstić information content (AvgIpc) is 2.76. The SMILES string of the molecule is CNC(=O)COc1ccc(C(=O)N(C)Cc2ccc(OC)c(OC(F)F)c2)cc1OC. The average molecular weight is 438 g/mol. The van der Waals surface area contributed by atoms with Crippen LogP contribution in [0.1, 0.15) is 15.9 Å². The summed E-state index contributed by atoms with van der Waals surface area (Å²) in [5.74, 6) is 0.0135. The number of halogens is 2. The number of carbonyl (C=O) groups is 2. The summed E-state index contributed by atoms with van der Waals surface area (Å²) < 4.78 is 45.4. The summed E-state index contributed by atoms with van der Waals surface area (Å²) >= 11 is 0. The Balaban J connectivity index is 2.15. The van der Waals surface area contributed by atoms with E-state index in [2.05, 4.69) is 10.1 Å². The van der Waals surface area contributed by atoms with E-state index in [-0.39, 0.29) is 36.5 Å². The van der Waals surface area contributed by atoms with Crippen molar-refractivity contribution in [2.75, 3.05) is 34.9 Å². The lowest BCUT2D eigenvalue weighted by Gasteiger charge is -2.19. The van der Waals surface area contributed by atoms with Gasteiger partial charge in [0.25, 0.3) is 11.8 Å². The van der Waals surface area contributed by atoms with Crippen LogP contribution >= 0.6 is 0 Å². The number of nitrogens with one attached hydrogen (secondary N) is 1. The third-order valence-corrected chi connectivity index (χ3v) is 4.26. The molecule has 0 unspecified atom stereocenters. The van der Waals surface area contributed by atoms with Crippen molar-refractivity contribution in [2.24, 2.45) is 0 Å². The summed E-state index contributed by atoms with van der Waals surface area (Å²) in [6, 6.07) is 9.11. The molecule has 0 aliphatic rings. The van der Waals surface area contributed by atoms with Crippen molar-refractivity contribution >= 4 is 11.8 Å². The van der Waals surface area contributed by atoms with Crippen molar-refractivity contribution in [3.8, 4) is 23.0 Å². The van der Waals surface area contributed by atoms with Crippen LogP contribution in [0.4, 0.5) is 8.78 Å². The van der Waals surface area contributed by atoms with Gasteiger partial charge in [-0.2, -0.15) is 8.78 Å². The van der Waals surface area contributed by atoms with Crippen LogP contribution in [-0.2, 0) is 11.3 Å². The fraction of sp³-hybridized carbons (Fsp3) is 0.333. The molecule has 8 nitrogen and oxygen atoms in total. The number of amides is 2.